The minimum Gasteiger partial charge on any atom is -0.308 e. The smallest absolute Gasteiger partial charge is 0.227 e. The lowest BCUT2D eigenvalue weighted by atomic mass is 10.0. The lowest BCUT2D eigenvalue weighted by molar-refractivity contribution is -0.119. The van der Waals surface area contributed by atoms with Crippen LogP contribution in [0, 0.1) is 5.82 Å². The van der Waals surface area contributed by atoms with E-state index >= 15 is 0 Å². The number of nitrogens with zero attached hydrogens (tertiary/aromatic N) is 2. The molecule has 1 aliphatic heterocycles. The number of anilines is 1. The molecule has 0 N–H and O–H groups in total. The SMILES string of the molecule is O=C1CCc2cc(F)ccc2N1Cc1cncc(Br)c1. The number of pyridine rings is 1. The monoisotopic (exact) mass is 334 g/mol. The summed E-state index contributed by atoms with van der Waals surface area (Å²) < 4.78 is 14.2. The van der Waals surface area contributed by atoms with Gasteiger partial charge in [-0.05, 0) is 57.7 Å². The van der Waals surface area contributed by atoms with Gasteiger partial charge in [0, 0.05) is 29.0 Å². The summed E-state index contributed by atoms with van der Waals surface area (Å²) in [5, 5.41) is 0. The van der Waals surface area contributed by atoms with Crippen molar-refractivity contribution < 1.29 is 9.18 Å². The van der Waals surface area contributed by atoms with E-state index in [1.807, 2.05) is 6.07 Å². The fraction of sp³-hybridized carbons (Fsp3) is 0.200. The molecule has 2 heterocycles. The first-order chi connectivity index (χ1) is 9.63. The average molecular weight is 335 g/mol. The highest BCUT2D eigenvalue weighted by molar-refractivity contribution is 9.10. The van der Waals surface area contributed by atoms with Gasteiger partial charge in [-0.2, -0.15) is 0 Å². The van der Waals surface area contributed by atoms with Gasteiger partial charge in [0.15, 0.2) is 0 Å². The molecule has 0 unspecified atom stereocenters. The first-order valence-corrected chi connectivity index (χ1v) is 7.11. The summed E-state index contributed by atoms with van der Waals surface area (Å²) in [6.07, 6.45) is 4.44. The number of halogens is 2. The lowest BCUT2D eigenvalue weighted by Crippen LogP contribution is -2.34. The van der Waals surface area contributed by atoms with Gasteiger partial charge >= 0.3 is 0 Å². The normalized spacial score (nSPS) is 14.3. The number of amides is 1. The van der Waals surface area contributed by atoms with E-state index in [1.165, 1.54) is 12.1 Å². The van der Waals surface area contributed by atoms with E-state index in [0.717, 1.165) is 21.3 Å². The van der Waals surface area contributed by atoms with Gasteiger partial charge in [-0.3, -0.25) is 9.78 Å². The van der Waals surface area contributed by atoms with Crippen LogP contribution in [-0.2, 0) is 17.8 Å². The van der Waals surface area contributed by atoms with Crippen LogP contribution in [0.1, 0.15) is 17.5 Å². The standard InChI is InChI=1S/C15H12BrFN2O/c16-12-5-10(7-18-8-12)9-19-14-3-2-13(17)6-11(14)1-4-15(19)20/h2-3,5-8H,1,4,9H2. The van der Waals surface area contributed by atoms with E-state index in [9.17, 15) is 9.18 Å². The molecule has 102 valence electrons. The highest BCUT2D eigenvalue weighted by Crippen LogP contribution is 2.30. The maximum atomic E-state index is 13.3. The van der Waals surface area contributed by atoms with Crippen LogP contribution in [0.2, 0.25) is 0 Å². The molecular weight excluding hydrogens is 323 g/mol. The summed E-state index contributed by atoms with van der Waals surface area (Å²) in [6.45, 7) is 0.448. The van der Waals surface area contributed by atoms with Crippen LogP contribution in [0.15, 0.2) is 41.1 Å². The first kappa shape index (κ1) is 13.2. The van der Waals surface area contributed by atoms with Crippen molar-refractivity contribution in [1.29, 1.82) is 0 Å². The van der Waals surface area contributed by atoms with Gasteiger partial charge < -0.3 is 4.90 Å². The van der Waals surface area contributed by atoms with Crippen LogP contribution in [0.5, 0.6) is 0 Å². The van der Waals surface area contributed by atoms with E-state index in [1.54, 1.807) is 23.4 Å². The molecule has 5 heteroatoms. The molecule has 0 saturated carbocycles. The van der Waals surface area contributed by atoms with Gasteiger partial charge in [0.05, 0.1) is 6.54 Å². The van der Waals surface area contributed by atoms with Crippen molar-refractivity contribution in [2.24, 2.45) is 0 Å². The third-order valence-electron chi connectivity index (χ3n) is 3.34. The zero-order valence-electron chi connectivity index (χ0n) is 10.6. The van der Waals surface area contributed by atoms with Crippen molar-refractivity contribution in [2.45, 2.75) is 19.4 Å². The Bertz CT molecular complexity index is 675. The van der Waals surface area contributed by atoms with Gasteiger partial charge in [0.25, 0.3) is 0 Å². The molecule has 0 aliphatic carbocycles. The second-order valence-electron chi connectivity index (χ2n) is 4.76. The number of hydrogen-bond donors (Lipinski definition) is 0. The number of rotatable bonds is 2. The number of benzene rings is 1. The Balaban J connectivity index is 1.95. The number of carbonyl (C=O) groups excluding carboxylic acids is 1. The maximum Gasteiger partial charge on any atom is 0.227 e. The van der Waals surface area contributed by atoms with Gasteiger partial charge in [0.1, 0.15) is 5.82 Å². The summed E-state index contributed by atoms with van der Waals surface area (Å²) in [7, 11) is 0. The molecular formula is C15H12BrFN2O. The van der Waals surface area contributed by atoms with Crippen LogP contribution in [0.4, 0.5) is 10.1 Å². The van der Waals surface area contributed by atoms with Crippen molar-refractivity contribution in [1.82, 2.24) is 4.98 Å². The lowest BCUT2D eigenvalue weighted by Gasteiger charge is -2.29. The Labute approximate surface area is 124 Å². The van der Waals surface area contributed by atoms with E-state index in [4.69, 9.17) is 0 Å². The van der Waals surface area contributed by atoms with E-state index in [-0.39, 0.29) is 11.7 Å². The highest BCUT2D eigenvalue weighted by atomic mass is 79.9. The van der Waals surface area contributed by atoms with E-state index in [2.05, 4.69) is 20.9 Å². The number of aromatic nitrogens is 1. The predicted octanol–water partition coefficient (Wildman–Crippen LogP) is 3.46. The Hall–Kier alpha value is -1.75. The highest BCUT2D eigenvalue weighted by Gasteiger charge is 2.24. The van der Waals surface area contributed by atoms with Crippen LogP contribution < -0.4 is 4.90 Å². The van der Waals surface area contributed by atoms with Gasteiger partial charge in [0.2, 0.25) is 5.91 Å². The second kappa shape index (κ2) is 5.32. The fourth-order valence-corrected chi connectivity index (χ4v) is 2.84. The van der Waals surface area contributed by atoms with Gasteiger partial charge in [-0.15, -0.1) is 0 Å². The molecule has 20 heavy (non-hydrogen) atoms. The van der Waals surface area contributed by atoms with Gasteiger partial charge in [-0.1, -0.05) is 0 Å². The van der Waals surface area contributed by atoms with Crippen molar-refractivity contribution in [2.75, 3.05) is 4.90 Å². The molecule has 3 rings (SSSR count). The third-order valence-corrected chi connectivity index (χ3v) is 3.78. The summed E-state index contributed by atoms with van der Waals surface area (Å²) in [5.41, 5.74) is 2.61. The summed E-state index contributed by atoms with van der Waals surface area (Å²) >= 11 is 3.37. The fourth-order valence-electron chi connectivity index (χ4n) is 2.43. The van der Waals surface area contributed by atoms with Gasteiger partial charge in [-0.25, -0.2) is 4.39 Å². The molecule has 1 aromatic carbocycles. The quantitative estimate of drug-likeness (QED) is 0.842. The molecule has 0 radical (unpaired) electrons. The van der Waals surface area contributed by atoms with Crippen LogP contribution in [-0.4, -0.2) is 10.9 Å². The number of carbonyl (C=O) groups is 1. The molecule has 3 nitrogen and oxygen atoms in total. The van der Waals surface area contributed by atoms with Crippen molar-refractivity contribution >= 4 is 27.5 Å². The maximum absolute atomic E-state index is 13.3. The molecule has 1 aromatic heterocycles. The molecule has 2 aromatic rings. The third kappa shape index (κ3) is 2.58. The molecule has 0 atom stereocenters. The largest absolute Gasteiger partial charge is 0.308 e. The molecule has 0 bridgehead atoms. The van der Waals surface area contributed by atoms with Crippen molar-refractivity contribution in [3.8, 4) is 0 Å². The number of aryl methyl sites for hydroxylation is 1. The van der Waals surface area contributed by atoms with Crippen LogP contribution in [0.25, 0.3) is 0 Å². The molecule has 0 saturated heterocycles. The Morgan fingerprint density at radius 2 is 2.10 bits per heavy atom. The number of hydrogen-bond acceptors (Lipinski definition) is 2. The molecule has 0 fully saturated rings. The van der Waals surface area contributed by atoms with E-state index < -0.39 is 0 Å². The minimum atomic E-state index is -0.262. The van der Waals surface area contributed by atoms with Crippen LogP contribution in [0.3, 0.4) is 0 Å². The van der Waals surface area contributed by atoms with Crippen molar-refractivity contribution in [3.05, 3.63) is 58.1 Å². The molecule has 0 spiro atoms. The van der Waals surface area contributed by atoms with Crippen molar-refractivity contribution in [3.63, 3.8) is 0 Å². The Kier molecular flexibility index (Phi) is 3.53. The minimum absolute atomic E-state index is 0.0593. The molecule has 1 amide bonds. The summed E-state index contributed by atoms with van der Waals surface area (Å²) in [6, 6.07) is 6.50. The predicted molar refractivity (Wildman–Crippen MR) is 77.8 cm³/mol. The van der Waals surface area contributed by atoms with E-state index in [0.29, 0.717) is 19.4 Å². The zero-order chi connectivity index (χ0) is 14.1. The Morgan fingerprint density at radius 3 is 2.90 bits per heavy atom. The second-order valence-corrected chi connectivity index (χ2v) is 5.68. The average Bonchev–Trinajstić information content (AvgIpc) is 2.42. The zero-order valence-corrected chi connectivity index (χ0v) is 12.2. The molecule has 1 aliphatic rings. The Morgan fingerprint density at radius 1 is 1.25 bits per heavy atom. The summed E-state index contributed by atoms with van der Waals surface area (Å²) in [4.78, 5) is 17.9. The summed E-state index contributed by atoms with van der Waals surface area (Å²) in [5.74, 6) is -0.203. The topological polar surface area (TPSA) is 33.2 Å². The number of fused-ring (bicyclic) bond motifs is 1. The first-order valence-electron chi connectivity index (χ1n) is 6.32. The van der Waals surface area contributed by atoms with Crippen LogP contribution >= 0.6 is 15.9 Å².